The van der Waals surface area contributed by atoms with Crippen molar-refractivity contribution >= 4 is 11.6 Å². The van der Waals surface area contributed by atoms with Crippen LogP contribution in [-0.4, -0.2) is 44.0 Å². The van der Waals surface area contributed by atoms with E-state index >= 15 is 0 Å². The van der Waals surface area contributed by atoms with E-state index in [1.165, 1.54) is 12.8 Å². The van der Waals surface area contributed by atoms with Crippen LogP contribution in [0.2, 0.25) is 0 Å². The number of nitrogens with one attached hydrogen (secondary N) is 2. The largest absolute Gasteiger partial charge is 0.385 e. The first-order valence-electron chi connectivity index (χ1n) is 7.91. The lowest BCUT2D eigenvalue weighted by Crippen LogP contribution is -2.37. The molecule has 0 atom stereocenters. The minimum absolute atomic E-state index is 0.0357. The van der Waals surface area contributed by atoms with E-state index < -0.39 is 0 Å². The lowest BCUT2D eigenvalue weighted by Gasteiger charge is -2.29. The zero-order chi connectivity index (χ0) is 15.2. The molecule has 1 amide bonds. The van der Waals surface area contributed by atoms with Crippen LogP contribution in [0.25, 0.3) is 0 Å². The van der Waals surface area contributed by atoms with Crippen molar-refractivity contribution in [3.63, 3.8) is 0 Å². The molecular weight excluding hydrogens is 262 g/mol. The fourth-order valence-electron chi connectivity index (χ4n) is 2.79. The van der Waals surface area contributed by atoms with Gasteiger partial charge in [0.1, 0.15) is 0 Å². The minimum atomic E-state index is 0.0357. The van der Waals surface area contributed by atoms with Crippen LogP contribution in [0.4, 0.5) is 5.69 Å². The van der Waals surface area contributed by atoms with Gasteiger partial charge in [0, 0.05) is 18.8 Å². The van der Waals surface area contributed by atoms with Crippen molar-refractivity contribution in [2.45, 2.75) is 26.7 Å². The third-order valence-electron chi connectivity index (χ3n) is 4.18. The summed E-state index contributed by atoms with van der Waals surface area (Å²) in [6.07, 6.45) is 2.34. The number of hydrogen-bond acceptors (Lipinski definition) is 3. The molecular formula is C17H27N3O. The van der Waals surface area contributed by atoms with E-state index in [-0.39, 0.29) is 5.91 Å². The van der Waals surface area contributed by atoms with Crippen LogP contribution in [0.1, 0.15) is 35.7 Å². The number of benzene rings is 1. The summed E-state index contributed by atoms with van der Waals surface area (Å²) in [7, 11) is 2.16. The van der Waals surface area contributed by atoms with Gasteiger partial charge in [-0.2, -0.15) is 0 Å². The summed E-state index contributed by atoms with van der Waals surface area (Å²) < 4.78 is 0. The highest BCUT2D eigenvalue weighted by Gasteiger charge is 2.18. The predicted octanol–water partition coefficient (Wildman–Crippen LogP) is 2.50. The third-order valence-corrected chi connectivity index (χ3v) is 4.18. The van der Waals surface area contributed by atoms with Crippen LogP contribution in [0.3, 0.4) is 0 Å². The van der Waals surface area contributed by atoms with Crippen molar-refractivity contribution < 1.29 is 4.79 Å². The first-order chi connectivity index (χ1) is 10.1. The Morgan fingerprint density at radius 1 is 1.33 bits per heavy atom. The molecule has 1 aliphatic heterocycles. The molecule has 0 spiro atoms. The van der Waals surface area contributed by atoms with Crippen LogP contribution in [0.15, 0.2) is 18.2 Å². The second-order valence-electron chi connectivity index (χ2n) is 6.04. The summed E-state index contributed by atoms with van der Waals surface area (Å²) in [6, 6.07) is 5.98. The maximum Gasteiger partial charge on any atom is 0.253 e. The van der Waals surface area contributed by atoms with Crippen molar-refractivity contribution in [3.8, 4) is 0 Å². The maximum absolute atomic E-state index is 12.4. The molecule has 4 nitrogen and oxygen atoms in total. The lowest BCUT2D eigenvalue weighted by atomic mass is 9.97. The molecule has 0 radical (unpaired) electrons. The lowest BCUT2D eigenvalue weighted by molar-refractivity contribution is 0.0939. The van der Waals surface area contributed by atoms with E-state index in [4.69, 9.17) is 0 Å². The number of likely N-dealkylation sites (tertiary alicyclic amines) is 1. The SMILES string of the molecule is CCNc1ccc(C)cc1C(=O)NCC1CCN(C)CC1. The highest BCUT2D eigenvalue weighted by molar-refractivity contribution is 5.99. The zero-order valence-corrected chi connectivity index (χ0v) is 13.4. The summed E-state index contributed by atoms with van der Waals surface area (Å²) in [6.45, 7) is 7.93. The van der Waals surface area contributed by atoms with E-state index in [0.717, 1.165) is 43.0 Å². The molecule has 0 bridgehead atoms. The standard InChI is InChI=1S/C17H27N3O/c1-4-18-16-6-5-13(2)11-15(16)17(21)19-12-14-7-9-20(3)10-8-14/h5-6,11,14,18H,4,7-10,12H2,1-3H3,(H,19,21). The molecule has 2 N–H and O–H groups in total. The van der Waals surface area contributed by atoms with E-state index in [1.54, 1.807) is 0 Å². The molecule has 1 aromatic rings. The number of rotatable bonds is 5. The van der Waals surface area contributed by atoms with Gasteiger partial charge < -0.3 is 15.5 Å². The molecule has 0 aromatic heterocycles. The number of carbonyl (C=O) groups is 1. The van der Waals surface area contributed by atoms with Crippen molar-refractivity contribution in [3.05, 3.63) is 29.3 Å². The Labute approximate surface area is 127 Å². The molecule has 2 rings (SSSR count). The van der Waals surface area contributed by atoms with Crippen LogP contribution in [-0.2, 0) is 0 Å². The molecule has 1 saturated heterocycles. The van der Waals surface area contributed by atoms with Crippen LogP contribution in [0.5, 0.6) is 0 Å². The Bertz CT molecular complexity index is 479. The van der Waals surface area contributed by atoms with Gasteiger partial charge in [0.05, 0.1) is 5.56 Å². The summed E-state index contributed by atoms with van der Waals surface area (Å²) in [4.78, 5) is 14.8. The van der Waals surface area contributed by atoms with E-state index in [0.29, 0.717) is 5.92 Å². The molecule has 1 aliphatic rings. The van der Waals surface area contributed by atoms with Gasteiger partial charge in [-0.05, 0) is 64.9 Å². The molecule has 116 valence electrons. The monoisotopic (exact) mass is 289 g/mol. The van der Waals surface area contributed by atoms with E-state index in [2.05, 4.69) is 22.6 Å². The second kappa shape index (κ2) is 7.46. The van der Waals surface area contributed by atoms with Crippen LogP contribution in [0, 0.1) is 12.8 Å². The van der Waals surface area contributed by atoms with Gasteiger partial charge in [-0.3, -0.25) is 4.79 Å². The summed E-state index contributed by atoms with van der Waals surface area (Å²) in [5.41, 5.74) is 2.79. The first-order valence-corrected chi connectivity index (χ1v) is 7.91. The quantitative estimate of drug-likeness (QED) is 0.875. The fraction of sp³-hybridized carbons (Fsp3) is 0.588. The molecule has 0 saturated carbocycles. The van der Waals surface area contributed by atoms with Gasteiger partial charge in [0.15, 0.2) is 0 Å². The Kier molecular flexibility index (Phi) is 5.62. The van der Waals surface area contributed by atoms with Gasteiger partial charge in [-0.15, -0.1) is 0 Å². The molecule has 1 fully saturated rings. The van der Waals surface area contributed by atoms with Gasteiger partial charge in [0.2, 0.25) is 0 Å². The number of aryl methyl sites for hydroxylation is 1. The van der Waals surface area contributed by atoms with Crippen molar-refractivity contribution in [2.24, 2.45) is 5.92 Å². The Morgan fingerprint density at radius 2 is 2.05 bits per heavy atom. The average molecular weight is 289 g/mol. The number of hydrogen-bond donors (Lipinski definition) is 2. The smallest absolute Gasteiger partial charge is 0.253 e. The van der Waals surface area contributed by atoms with Gasteiger partial charge in [-0.1, -0.05) is 11.6 Å². The summed E-state index contributed by atoms with van der Waals surface area (Å²) in [5.74, 6) is 0.645. The Hall–Kier alpha value is -1.55. The van der Waals surface area contributed by atoms with E-state index in [1.807, 2.05) is 32.0 Å². The van der Waals surface area contributed by atoms with Crippen LogP contribution < -0.4 is 10.6 Å². The molecule has 4 heteroatoms. The van der Waals surface area contributed by atoms with Crippen LogP contribution >= 0.6 is 0 Å². The third kappa shape index (κ3) is 4.46. The average Bonchev–Trinajstić information content (AvgIpc) is 2.48. The predicted molar refractivity (Wildman–Crippen MR) is 87.9 cm³/mol. The second-order valence-corrected chi connectivity index (χ2v) is 6.04. The highest BCUT2D eigenvalue weighted by atomic mass is 16.1. The van der Waals surface area contributed by atoms with Gasteiger partial charge in [0.25, 0.3) is 5.91 Å². The summed E-state index contributed by atoms with van der Waals surface area (Å²) >= 11 is 0. The number of anilines is 1. The van der Waals surface area contributed by atoms with Crippen molar-refractivity contribution in [2.75, 3.05) is 38.5 Å². The number of piperidine rings is 1. The molecule has 21 heavy (non-hydrogen) atoms. The molecule has 0 unspecified atom stereocenters. The van der Waals surface area contributed by atoms with Crippen molar-refractivity contribution in [1.82, 2.24) is 10.2 Å². The Balaban J connectivity index is 1.95. The minimum Gasteiger partial charge on any atom is -0.385 e. The van der Waals surface area contributed by atoms with Gasteiger partial charge in [-0.25, -0.2) is 0 Å². The molecule has 0 aliphatic carbocycles. The number of nitrogens with zero attached hydrogens (tertiary/aromatic N) is 1. The van der Waals surface area contributed by atoms with E-state index in [9.17, 15) is 4.79 Å². The Morgan fingerprint density at radius 3 is 2.71 bits per heavy atom. The number of carbonyl (C=O) groups excluding carboxylic acids is 1. The molecule has 1 heterocycles. The zero-order valence-electron chi connectivity index (χ0n) is 13.4. The highest BCUT2D eigenvalue weighted by Crippen LogP contribution is 2.18. The normalized spacial score (nSPS) is 16.7. The molecule has 1 aromatic carbocycles. The maximum atomic E-state index is 12.4. The van der Waals surface area contributed by atoms with Gasteiger partial charge >= 0.3 is 0 Å². The first kappa shape index (κ1) is 15.8. The topological polar surface area (TPSA) is 44.4 Å². The number of amides is 1. The fourth-order valence-corrected chi connectivity index (χ4v) is 2.79. The summed E-state index contributed by atoms with van der Waals surface area (Å²) in [5, 5.41) is 6.37. The van der Waals surface area contributed by atoms with Crippen molar-refractivity contribution in [1.29, 1.82) is 0 Å².